The summed E-state index contributed by atoms with van der Waals surface area (Å²) in [6.45, 7) is 8.59. The summed E-state index contributed by atoms with van der Waals surface area (Å²) in [6.07, 6.45) is 1.20. The van der Waals surface area contributed by atoms with E-state index in [1.165, 1.54) is 11.0 Å². The van der Waals surface area contributed by atoms with Crippen LogP contribution in [0.1, 0.15) is 34.6 Å². The van der Waals surface area contributed by atoms with Gasteiger partial charge in [-0.2, -0.15) is 15.7 Å². The van der Waals surface area contributed by atoms with E-state index in [4.69, 9.17) is 10.4 Å². The number of aliphatic carboxylic acids is 2. The highest BCUT2D eigenvalue weighted by molar-refractivity contribution is 8.16. The number of rotatable bonds is 1. The first-order valence-electron chi connectivity index (χ1n) is 7.20. The molecule has 0 aromatic heterocycles. The summed E-state index contributed by atoms with van der Waals surface area (Å²) < 4.78 is -0.572. The van der Waals surface area contributed by atoms with E-state index in [1.54, 1.807) is 34.6 Å². The fraction of sp³-hybridized carbons (Fsp3) is 0.562. The summed E-state index contributed by atoms with van der Waals surface area (Å²) >= 11 is 0. The third kappa shape index (κ3) is 3.22. The maximum absolute atomic E-state index is 11.8. The number of carbonyl (C=O) groups is 3. The lowest BCUT2D eigenvalue weighted by atomic mass is 9.96. The van der Waals surface area contributed by atoms with Crippen LogP contribution in [0.3, 0.4) is 0 Å². The zero-order chi connectivity index (χ0) is 19.0. The highest BCUT2D eigenvalue weighted by atomic mass is 32.2. The van der Waals surface area contributed by atoms with Crippen molar-refractivity contribution in [2.75, 3.05) is 0 Å². The van der Waals surface area contributed by atoms with Crippen molar-refractivity contribution in [1.82, 2.24) is 4.90 Å². The molecule has 8 heteroatoms. The molecule has 1 amide bonds. The topological polar surface area (TPSA) is 119 Å². The third-order valence-corrected chi connectivity index (χ3v) is 6.57. The maximum atomic E-state index is 11.8. The number of hydrogen-bond acceptors (Lipinski definition) is 4. The normalized spacial score (nSPS) is 29.0. The van der Waals surface area contributed by atoms with Crippen molar-refractivity contribution < 1.29 is 24.6 Å². The van der Waals surface area contributed by atoms with Crippen LogP contribution in [0, 0.1) is 16.7 Å². The monoisotopic (exact) mass is 354 g/mol. The Kier molecular flexibility index (Phi) is 5.31. The van der Waals surface area contributed by atoms with Gasteiger partial charge in [0.15, 0.2) is 0 Å². The average Bonchev–Trinajstić information content (AvgIpc) is 2.61. The number of nitriles is 1. The minimum absolute atomic E-state index is 0.307. The molecule has 0 spiro atoms. The predicted octanol–water partition coefficient (Wildman–Crippen LogP) is 1.67. The van der Waals surface area contributed by atoms with Gasteiger partial charge < -0.3 is 15.1 Å². The lowest BCUT2D eigenvalue weighted by molar-refractivity contribution is -0.152. The van der Waals surface area contributed by atoms with E-state index in [9.17, 15) is 19.5 Å². The van der Waals surface area contributed by atoms with Crippen molar-refractivity contribution in [3.05, 3.63) is 11.6 Å². The van der Waals surface area contributed by atoms with Crippen LogP contribution in [0.4, 0.5) is 0 Å². The van der Waals surface area contributed by atoms with E-state index in [2.05, 4.69) is 5.87 Å². The summed E-state index contributed by atoms with van der Waals surface area (Å²) in [6, 6.07) is 0.974. The van der Waals surface area contributed by atoms with Crippen molar-refractivity contribution >= 4 is 34.2 Å². The van der Waals surface area contributed by atoms with Crippen LogP contribution < -0.4 is 0 Å². The highest BCUT2D eigenvalue weighted by Crippen LogP contribution is 2.56. The molecular formula is C16H22N2O5S. The largest absolute Gasteiger partial charge is 0.481 e. The molecule has 0 aromatic rings. The van der Waals surface area contributed by atoms with Gasteiger partial charge in [0, 0.05) is 10.8 Å². The van der Waals surface area contributed by atoms with Crippen LogP contribution >= 0.6 is 10.5 Å². The SMILES string of the molecule is C=S1[C@@H]2C(=CC#N)C(=O)N2[C@@H](C(=O)O)C1(C)C.CC(C)(C)C(=O)O. The minimum Gasteiger partial charge on any atom is -0.481 e. The molecule has 2 heterocycles. The lowest BCUT2D eigenvalue weighted by Crippen LogP contribution is -2.58. The van der Waals surface area contributed by atoms with Gasteiger partial charge in [0.25, 0.3) is 5.91 Å². The van der Waals surface area contributed by atoms with E-state index >= 15 is 0 Å². The second kappa shape index (κ2) is 6.40. The lowest BCUT2D eigenvalue weighted by Gasteiger charge is -2.39. The first-order chi connectivity index (χ1) is 10.8. The Labute approximate surface area is 143 Å². The van der Waals surface area contributed by atoms with E-state index < -0.39 is 38.6 Å². The quantitative estimate of drug-likeness (QED) is 0.320. The Hall–Kier alpha value is -2.14. The summed E-state index contributed by atoms with van der Waals surface area (Å²) in [4.78, 5) is 34.4. The molecule has 0 aliphatic carbocycles. The highest BCUT2D eigenvalue weighted by Gasteiger charge is 2.62. The van der Waals surface area contributed by atoms with Crippen molar-refractivity contribution in [3.8, 4) is 6.07 Å². The molecule has 2 saturated heterocycles. The van der Waals surface area contributed by atoms with Crippen molar-refractivity contribution in [2.24, 2.45) is 5.41 Å². The summed E-state index contributed by atoms with van der Waals surface area (Å²) in [7, 11) is -0.519. The molecule has 2 rings (SSSR count). The number of β-lactam (4-membered cyclic amide) rings is 1. The minimum atomic E-state index is -1.01. The zero-order valence-corrected chi connectivity index (χ0v) is 15.2. The fourth-order valence-electron chi connectivity index (χ4n) is 2.37. The summed E-state index contributed by atoms with van der Waals surface area (Å²) in [5.41, 5.74) is -0.192. The van der Waals surface area contributed by atoms with Crippen molar-refractivity contribution in [2.45, 2.75) is 50.8 Å². The molecular weight excluding hydrogens is 332 g/mol. The van der Waals surface area contributed by atoms with Gasteiger partial charge in [-0.15, -0.1) is 0 Å². The molecule has 132 valence electrons. The molecule has 0 saturated carbocycles. The molecule has 0 radical (unpaired) electrons. The van der Waals surface area contributed by atoms with Crippen LogP contribution in [-0.2, 0) is 14.4 Å². The summed E-state index contributed by atoms with van der Waals surface area (Å²) in [5, 5.41) is 25.8. The second-order valence-electron chi connectivity index (χ2n) is 7.12. The molecule has 2 aliphatic heterocycles. The fourth-order valence-corrected chi connectivity index (χ4v) is 4.42. The summed E-state index contributed by atoms with van der Waals surface area (Å²) in [5.74, 6) is 1.87. The van der Waals surface area contributed by atoms with Gasteiger partial charge in [-0.05, 0) is 34.6 Å². The Morgan fingerprint density at radius 1 is 1.38 bits per heavy atom. The maximum Gasteiger partial charge on any atom is 0.327 e. The van der Waals surface area contributed by atoms with E-state index in [0.29, 0.717) is 5.57 Å². The van der Waals surface area contributed by atoms with E-state index in [0.717, 1.165) is 0 Å². The number of allylic oxidation sites excluding steroid dienone is 1. The number of amides is 1. The number of carboxylic acids is 2. The molecule has 2 fully saturated rings. The Bertz CT molecular complexity index is 682. The Balaban J connectivity index is 0.000000351. The Morgan fingerprint density at radius 2 is 1.83 bits per heavy atom. The Morgan fingerprint density at radius 3 is 2.17 bits per heavy atom. The first-order valence-corrected chi connectivity index (χ1v) is 8.65. The standard InChI is InChI=1S/C11H12N2O3S.C5H10O2/c1-11(2)7(10(15)16)13-8(14)6(4-5-12)9(13)17(11)3;1-5(2,3)4(6)7/h4,7,9H,3H2,1-2H3,(H,15,16);1-3H3,(H,6,7)/t7-,9+,17?;/m0./s1. The molecule has 0 bridgehead atoms. The first kappa shape index (κ1) is 19.9. The number of fused-ring (bicyclic) bond motifs is 1. The van der Waals surface area contributed by atoms with E-state index in [1.807, 2.05) is 6.07 Å². The van der Waals surface area contributed by atoms with Gasteiger partial charge in [0.2, 0.25) is 0 Å². The zero-order valence-electron chi connectivity index (χ0n) is 14.4. The van der Waals surface area contributed by atoms with Crippen LogP contribution in [-0.4, -0.2) is 55.0 Å². The second-order valence-corrected chi connectivity index (χ2v) is 9.48. The van der Waals surface area contributed by atoms with Gasteiger partial charge in [-0.1, -0.05) is 5.87 Å². The average molecular weight is 354 g/mol. The predicted molar refractivity (Wildman–Crippen MR) is 91.6 cm³/mol. The number of nitrogens with zero attached hydrogens (tertiary/aromatic N) is 2. The molecule has 2 aliphatic rings. The number of carbonyl (C=O) groups excluding carboxylic acids is 1. The number of carboxylic acid groups (broad SMARTS) is 2. The van der Waals surface area contributed by atoms with Crippen molar-refractivity contribution in [3.63, 3.8) is 0 Å². The van der Waals surface area contributed by atoms with Crippen LogP contribution in [0.5, 0.6) is 0 Å². The van der Waals surface area contributed by atoms with Gasteiger partial charge >= 0.3 is 11.9 Å². The van der Waals surface area contributed by atoms with Gasteiger partial charge in [-0.3, -0.25) is 9.59 Å². The van der Waals surface area contributed by atoms with E-state index in [-0.39, 0.29) is 11.3 Å². The van der Waals surface area contributed by atoms with Crippen LogP contribution in [0.25, 0.3) is 0 Å². The van der Waals surface area contributed by atoms with Crippen molar-refractivity contribution in [1.29, 1.82) is 5.26 Å². The van der Waals surface area contributed by atoms with Crippen LogP contribution in [0.2, 0.25) is 0 Å². The molecule has 24 heavy (non-hydrogen) atoms. The molecule has 1 unspecified atom stereocenters. The third-order valence-electron chi connectivity index (χ3n) is 3.98. The molecule has 2 N–H and O–H groups in total. The molecule has 3 atom stereocenters. The molecule has 7 nitrogen and oxygen atoms in total. The molecule has 0 aromatic carbocycles. The van der Waals surface area contributed by atoms with Gasteiger partial charge in [0.05, 0.1) is 17.1 Å². The van der Waals surface area contributed by atoms with Gasteiger partial charge in [-0.25, -0.2) is 4.79 Å². The number of hydrogen-bond donors (Lipinski definition) is 2. The van der Waals surface area contributed by atoms with Crippen LogP contribution in [0.15, 0.2) is 11.6 Å². The smallest absolute Gasteiger partial charge is 0.327 e. The van der Waals surface area contributed by atoms with Gasteiger partial charge in [0.1, 0.15) is 11.4 Å².